The van der Waals surface area contributed by atoms with Gasteiger partial charge in [0.15, 0.2) is 16.7 Å². The van der Waals surface area contributed by atoms with E-state index < -0.39 is 64.0 Å². The number of nitrogens with one attached hydrogen (secondary N) is 4. The third kappa shape index (κ3) is 21.1. The molecule has 4 aromatic carbocycles. The van der Waals surface area contributed by atoms with Crippen LogP contribution in [0.2, 0.25) is 0 Å². The summed E-state index contributed by atoms with van der Waals surface area (Å²) in [5.41, 5.74) is 2.94. The number of thiazole rings is 2. The number of hydrogen-bond acceptors (Lipinski definition) is 31. The van der Waals surface area contributed by atoms with Crippen LogP contribution in [0.15, 0.2) is 131 Å². The summed E-state index contributed by atoms with van der Waals surface area (Å²) in [4.78, 5) is 86.2. The molecule has 5 heterocycles. The van der Waals surface area contributed by atoms with Crippen molar-refractivity contribution in [3.05, 3.63) is 106 Å². The van der Waals surface area contributed by atoms with E-state index in [-0.39, 0.29) is 44.7 Å². The van der Waals surface area contributed by atoms with E-state index in [0.717, 1.165) is 58.3 Å². The Morgan fingerprint density at radius 3 is 1.30 bits per heavy atom. The summed E-state index contributed by atoms with van der Waals surface area (Å²) in [5.74, 6) is -1.05. The summed E-state index contributed by atoms with van der Waals surface area (Å²) < 4.78 is 103. The Bertz CT molecular complexity index is 4340. The summed E-state index contributed by atoms with van der Waals surface area (Å²) in [7, 11) is -12.3. The second-order valence-corrected chi connectivity index (χ2v) is 27.5. The van der Waals surface area contributed by atoms with Gasteiger partial charge in [-0.25, -0.2) is 0 Å². The molecule has 0 atom stereocenters. The van der Waals surface area contributed by atoms with Gasteiger partial charge in [0.05, 0.1) is 68.5 Å². The van der Waals surface area contributed by atoms with Gasteiger partial charge in [-0.1, -0.05) is 53.5 Å². The number of nitrogens with zero attached hydrogens (tertiary/aromatic N) is 13. The molecule has 0 radical (unpaired) electrons. The second-order valence-electron chi connectivity index (χ2n) is 21.0. The molecular formula is C61H69N17O15S6. The Labute approximate surface area is 583 Å². The number of aromatic nitrogens is 5. The summed E-state index contributed by atoms with van der Waals surface area (Å²) in [6, 6.07) is 21.2. The van der Waals surface area contributed by atoms with Gasteiger partial charge in [0.2, 0.25) is 22.2 Å². The number of carbonyl (C=O) groups excluding carboxylic acids is 4. The number of thioether (sulfide) groups is 1. The first-order chi connectivity index (χ1) is 47.3. The van der Waals surface area contributed by atoms with Crippen LogP contribution in [0.5, 0.6) is 0 Å². The molecule has 7 aromatic rings. The molecule has 2 saturated heterocycles. The van der Waals surface area contributed by atoms with Crippen molar-refractivity contribution in [1.82, 2.24) is 24.9 Å². The highest BCUT2D eigenvalue weighted by Crippen LogP contribution is 2.41. The third-order valence-corrected chi connectivity index (χ3v) is 18.7. The fourth-order valence-electron chi connectivity index (χ4n) is 9.77. The van der Waals surface area contributed by atoms with Gasteiger partial charge in [0, 0.05) is 75.1 Å². The van der Waals surface area contributed by atoms with Gasteiger partial charge in [-0.15, -0.1) is 33.1 Å². The molecule has 0 unspecified atom stereocenters. The topological polar surface area (TPSA) is 422 Å². The zero-order valence-corrected chi connectivity index (χ0v) is 59.3. The molecule has 2 amide bonds. The van der Waals surface area contributed by atoms with Crippen molar-refractivity contribution in [3.8, 4) is 0 Å². The van der Waals surface area contributed by atoms with Crippen molar-refractivity contribution >= 4 is 180 Å². The van der Waals surface area contributed by atoms with Crippen molar-refractivity contribution in [1.29, 1.82) is 0 Å². The molecular weight excluding hydrogens is 1400 g/mol. The summed E-state index contributed by atoms with van der Waals surface area (Å²) in [6.07, 6.45) is 2.81. The van der Waals surface area contributed by atoms with Crippen LogP contribution in [-0.2, 0) is 59.5 Å². The maximum Gasteiger partial charge on any atom is 0.425 e. The molecule has 3 aromatic heterocycles. The van der Waals surface area contributed by atoms with Crippen LogP contribution >= 0.6 is 34.4 Å². The van der Waals surface area contributed by atoms with E-state index in [2.05, 4.69) is 41.3 Å². The molecule has 38 heteroatoms. The fraction of sp³-hybridized carbons (Fsp3) is 0.328. The minimum Gasteiger partial charge on any atom is -0.378 e. The van der Waals surface area contributed by atoms with Crippen molar-refractivity contribution < 1.29 is 67.2 Å². The number of anilines is 10. The second kappa shape index (κ2) is 34.9. The van der Waals surface area contributed by atoms with E-state index in [4.69, 9.17) is 57.2 Å². The quantitative estimate of drug-likeness (QED) is 0.00662. The van der Waals surface area contributed by atoms with Crippen LogP contribution in [0.4, 0.5) is 79.3 Å². The number of amides is 2. The van der Waals surface area contributed by atoms with Gasteiger partial charge in [-0.3, -0.25) is 28.3 Å². The highest BCUT2D eigenvalue weighted by Gasteiger charge is 2.26. The number of rotatable bonds is 28. The van der Waals surface area contributed by atoms with Crippen LogP contribution in [0, 0.1) is 0 Å². The van der Waals surface area contributed by atoms with Crippen LogP contribution in [0.25, 0.3) is 12.2 Å². The zero-order chi connectivity index (χ0) is 71.6. The Balaban J connectivity index is 0.00000304. The molecule has 2 aliphatic rings. The lowest BCUT2D eigenvalue weighted by atomic mass is 10.1. The van der Waals surface area contributed by atoms with Crippen molar-refractivity contribution in [2.45, 2.75) is 63.4 Å². The number of hydrogen-bond donors (Lipinski definition) is 6. The van der Waals surface area contributed by atoms with Gasteiger partial charge in [0.1, 0.15) is 23.0 Å². The first-order valence-corrected chi connectivity index (χ1v) is 37.0. The van der Waals surface area contributed by atoms with Gasteiger partial charge in [0.25, 0.3) is 32.1 Å². The molecule has 2 aliphatic heterocycles. The number of morpholine rings is 2. The summed E-state index contributed by atoms with van der Waals surface area (Å²) >= 11 is 3.55. The van der Waals surface area contributed by atoms with Crippen LogP contribution in [-0.4, -0.2) is 171 Å². The molecule has 6 N–H and O–H groups in total. The van der Waals surface area contributed by atoms with Crippen LogP contribution in [0.3, 0.4) is 0 Å². The van der Waals surface area contributed by atoms with Gasteiger partial charge < -0.3 is 50.3 Å². The number of ketones is 2. The average molecular weight is 1470 g/mol. The minimum absolute atomic E-state index is 0.0306. The lowest BCUT2D eigenvalue weighted by Crippen LogP contribution is -2.36. The van der Waals surface area contributed by atoms with Gasteiger partial charge in [-0.2, -0.15) is 41.8 Å². The zero-order valence-electron chi connectivity index (χ0n) is 54.4. The lowest BCUT2D eigenvalue weighted by Gasteiger charge is -2.27. The molecule has 0 bridgehead atoms. The van der Waals surface area contributed by atoms with Crippen molar-refractivity contribution in [2.75, 3.05) is 125 Å². The van der Waals surface area contributed by atoms with Gasteiger partial charge >= 0.3 is 10.6 Å². The maximum absolute atomic E-state index is 13.7. The fourth-order valence-corrected chi connectivity index (χ4v) is 13.1. The largest absolute Gasteiger partial charge is 0.425 e. The van der Waals surface area contributed by atoms with E-state index in [1.54, 1.807) is 12.1 Å². The monoisotopic (exact) mass is 1470 g/mol. The SMILES string of the molecule is CCSc1nc(Nc2cc(N(CC)CC)ccc2N=Nc2nc(N3CCOCC3)c(/C=C(/C(C)=O)C(=O)Nc3cccc(S(=O)(=O)O)c3)s2)nc(Nc2cc(N(CC)CC)ccc2N=Nc2nc(N3CCOCC3)c(/C=C(\C(C)=O)C(=O)Nc3cccc(S(=O)(=O)O)c3)s2)n1.O=S(=O)=O. The number of benzene rings is 4. The van der Waals surface area contributed by atoms with E-state index in [1.165, 1.54) is 62.0 Å². The first-order valence-electron chi connectivity index (χ1n) is 30.5. The maximum atomic E-state index is 13.7. The molecule has 9 rings (SSSR count). The van der Waals surface area contributed by atoms with Crippen LogP contribution in [0.1, 0.15) is 58.2 Å². The normalized spacial score (nSPS) is 13.8. The van der Waals surface area contributed by atoms with Crippen LogP contribution < -0.4 is 40.9 Å². The lowest BCUT2D eigenvalue weighted by molar-refractivity contribution is -0.120. The Hall–Kier alpha value is -9.38. The molecule has 0 spiro atoms. The minimum atomic E-state index is -4.59. The van der Waals surface area contributed by atoms with Crippen molar-refractivity contribution in [3.63, 3.8) is 0 Å². The summed E-state index contributed by atoms with van der Waals surface area (Å²) in [5, 5.41) is 31.3. The number of Topliss-reactive ketones (excluding diaryl/α,β-unsaturated/α-hetero) is 2. The van der Waals surface area contributed by atoms with E-state index >= 15 is 0 Å². The highest BCUT2D eigenvalue weighted by atomic mass is 32.2. The molecule has 32 nitrogen and oxygen atoms in total. The molecule has 0 saturated carbocycles. The van der Waals surface area contributed by atoms with Gasteiger partial charge in [-0.05, 0) is 132 Å². The van der Waals surface area contributed by atoms with Crippen molar-refractivity contribution in [2.24, 2.45) is 20.5 Å². The number of ether oxygens (including phenoxy) is 2. The molecule has 524 valence electrons. The Kier molecular flexibility index (Phi) is 26.6. The van der Waals surface area contributed by atoms with E-state index in [1.807, 2.05) is 68.7 Å². The first kappa shape index (κ1) is 75.4. The van der Waals surface area contributed by atoms with E-state index in [9.17, 15) is 45.1 Å². The molecule has 0 aliphatic carbocycles. The summed E-state index contributed by atoms with van der Waals surface area (Å²) in [6.45, 7) is 18.7. The smallest absolute Gasteiger partial charge is 0.378 e. The predicted molar refractivity (Wildman–Crippen MR) is 378 cm³/mol. The Morgan fingerprint density at radius 2 is 0.960 bits per heavy atom. The molecule has 99 heavy (non-hydrogen) atoms. The standard InChI is InChI=1S/C61H69N17O12S5.O3S/c1-8-75(9-2)41-19-21-47(71-73-60-66-53(77-23-27-89-28-24-77)51(92-60)35-45(37(6)79)55(81)62-39-15-13-17-43(31-39)94(83,84)85)49(33-41)64-57-68-58(70-59(69-57)91-12-5)65-50-34-42(76(10-3)11-4)20-22-48(50)72-74-61-67-54(78-25-29-90-30-26-78)52(93-61)36-46(38(7)80)56(82)63-40-16-14-18-44(32-40)95(86,87)88;1-4(2)3/h13-22,31-36H,8-12,23-30H2,1-7H3,(H,62,81)(H,63,82)(H,83,84,85)(H,86,87,88)(H2,64,65,68,69,70);/b45-35-,46-36+,73-71?,74-72?;. The number of azo groups is 2. The third-order valence-electron chi connectivity index (χ3n) is 14.5. The Morgan fingerprint density at radius 1 is 0.576 bits per heavy atom. The predicted octanol–water partition coefficient (Wildman–Crippen LogP) is 10.3. The number of carbonyl (C=O) groups is 4. The highest BCUT2D eigenvalue weighted by molar-refractivity contribution is 7.99. The average Bonchev–Trinajstić information content (AvgIpc) is 1.80. The van der Waals surface area contributed by atoms with E-state index in [0.29, 0.717) is 134 Å². The molecule has 2 fully saturated rings.